The van der Waals surface area contributed by atoms with Crippen LogP contribution < -0.4 is 10.1 Å². The van der Waals surface area contributed by atoms with Crippen molar-refractivity contribution in [2.75, 3.05) is 11.9 Å². The SMILES string of the molecule is C=CCOc1c(Br)cc(Br)cc1CNc1ccc([N+](=O)[O-])cc1. The van der Waals surface area contributed by atoms with Gasteiger partial charge in [0.05, 0.1) is 9.40 Å². The lowest BCUT2D eigenvalue weighted by Gasteiger charge is -2.14. The van der Waals surface area contributed by atoms with Gasteiger partial charge in [-0.3, -0.25) is 10.1 Å². The van der Waals surface area contributed by atoms with Gasteiger partial charge in [-0.15, -0.1) is 0 Å². The van der Waals surface area contributed by atoms with E-state index in [2.05, 4.69) is 43.8 Å². The molecular formula is C16H14Br2N2O3. The number of non-ortho nitro benzene ring substituents is 1. The number of nitro benzene ring substituents is 1. The van der Waals surface area contributed by atoms with Crippen molar-refractivity contribution in [3.63, 3.8) is 0 Å². The van der Waals surface area contributed by atoms with Crippen molar-refractivity contribution < 1.29 is 9.66 Å². The number of hydrogen-bond donors (Lipinski definition) is 1. The summed E-state index contributed by atoms with van der Waals surface area (Å²) in [6.07, 6.45) is 1.68. The number of nitro groups is 1. The lowest BCUT2D eigenvalue weighted by Crippen LogP contribution is -2.04. The van der Waals surface area contributed by atoms with Gasteiger partial charge in [-0.05, 0) is 40.2 Å². The van der Waals surface area contributed by atoms with Gasteiger partial charge in [-0.25, -0.2) is 0 Å². The van der Waals surface area contributed by atoms with Crippen LogP contribution in [0.15, 0.2) is 58.0 Å². The van der Waals surface area contributed by atoms with Crippen LogP contribution >= 0.6 is 31.9 Å². The second-order valence-corrected chi connectivity index (χ2v) is 6.40. The first kappa shape index (κ1) is 17.5. The second kappa shape index (κ2) is 8.12. The molecule has 5 nitrogen and oxygen atoms in total. The van der Waals surface area contributed by atoms with Crippen molar-refractivity contribution in [2.24, 2.45) is 0 Å². The van der Waals surface area contributed by atoms with Gasteiger partial charge in [0.15, 0.2) is 0 Å². The molecule has 0 bridgehead atoms. The summed E-state index contributed by atoms with van der Waals surface area (Å²) in [5, 5.41) is 13.9. The molecule has 0 unspecified atom stereocenters. The molecule has 7 heteroatoms. The van der Waals surface area contributed by atoms with Crippen molar-refractivity contribution in [2.45, 2.75) is 6.54 Å². The highest BCUT2D eigenvalue weighted by atomic mass is 79.9. The molecule has 0 aromatic heterocycles. The topological polar surface area (TPSA) is 64.4 Å². The maximum Gasteiger partial charge on any atom is 0.269 e. The average Bonchev–Trinajstić information content (AvgIpc) is 2.52. The molecule has 0 saturated heterocycles. The lowest BCUT2D eigenvalue weighted by molar-refractivity contribution is -0.384. The van der Waals surface area contributed by atoms with Gasteiger partial charge in [-0.1, -0.05) is 28.6 Å². The molecule has 0 aliphatic carbocycles. The van der Waals surface area contributed by atoms with Gasteiger partial charge in [0.25, 0.3) is 5.69 Å². The van der Waals surface area contributed by atoms with Gasteiger partial charge in [0, 0.05) is 34.4 Å². The number of ether oxygens (including phenoxy) is 1. The Kier molecular flexibility index (Phi) is 6.18. The summed E-state index contributed by atoms with van der Waals surface area (Å²) < 4.78 is 7.46. The lowest BCUT2D eigenvalue weighted by atomic mass is 10.2. The number of benzene rings is 2. The Bertz CT molecular complexity index is 718. The van der Waals surface area contributed by atoms with E-state index < -0.39 is 4.92 Å². The number of nitrogens with zero attached hydrogens (tertiary/aromatic N) is 1. The molecule has 0 fully saturated rings. The number of halogens is 2. The highest BCUT2D eigenvalue weighted by molar-refractivity contribution is 9.11. The van der Waals surface area contributed by atoms with Gasteiger partial charge >= 0.3 is 0 Å². The summed E-state index contributed by atoms with van der Waals surface area (Å²) in [4.78, 5) is 10.2. The van der Waals surface area contributed by atoms with Gasteiger partial charge in [-0.2, -0.15) is 0 Å². The molecule has 0 spiro atoms. The van der Waals surface area contributed by atoms with E-state index in [-0.39, 0.29) is 5.69 Å². The second-order valence-electron chi connectivity index (χ2n) is 4.63. The van der Waals surface area contributed by atoms with E-state index in [1.165, 1.54) is 12.1 Å². The van der Waals surface area contributed by atoms with Crippen molar-refractivity contribution in [1.82, 2.24) is 0 Å². The Morgan fingerprint density at radius 2 is 1.96 bits per heavy atom. The molecule has 0 amide bonds. The molecule has 0 atom stereocenters. The summed E-state index contributed by atoms with van der Waals surface area (Å²) in [5.41, 5.74) is 1.81. The zero-order chi connectivity index (χ0) is 16.8. The first-order chi connectivity index (χ1) is 11.0. The van der Waals surface area contributed by atoms with Crippen LogP contribution in [0.4, 0.5) is 11.4 Å². The van der Waals surface area contributed by atoms with E-state index in [0.29, 0.717) is 13.2 Å². The van der Waals surface area contributed by atoms with Crippen molar-refractivity contribution in [3.8, 4) is 5.75 Å². The fourth-order valence-corrected chi connectivity index (χ4v) is 3.38. The Morgan fingerprint density at radius 1 is 1.26 bits per heavy atom. The van der Waals surface area contributed by atoms with Crippen LogP contribution in [-0.4, -0.2) is 11.5 Å². The molecule has 23 heavy (non-hydrogen) atoms. The minimum atomic E-state index is -0.420. The molecule has 1 N–H and O–H groups in total. The summed E-state index contributed by atoms with van der Waals surface area (Å²) in [5.74, 6) is 0.738. The fourth-order valence-electron chi connectivity index (χ4n) is 1.95. The van der Waals surface area contributed by atoms with Crippen molar-refractivity contribution >= 4 is 43.2 Å². The van der Waals surface area contributed by atoms with Gasteiger partial charge < -0.3 is 10.1 Å². The van der Waals surface area contributed by atoms with Crippen LogP contribution in [0.1, 0.15) is 5.56 Å². The fraction of sp³-hybridized carbons (Fsp3) is 0.125. The summed E-state index contributed by atoms with van der Waals surface area (Å²) in [6.45, 7) is 4.57. The van der Waals surface area contributed by atoms with Crippen LogP contribution in [0.3, 0.4) is 0 Å². The average molecular weight is 442 g/mol. The molecule has 2 rings (SSSR count). The highest BCUT2D eigenvalue weighted by Crippen LogP contribution is 2.33. The summed E-state index contributed by atoms with van der Waals surface area (Å²) >= 11 is 6.95. The third-order valence-electron chi connectivity index (χ3n) is 2.99. The Balaban J connectivity index is 2.15. The van der Waals surface area contributed by atoms with E-state index in [0.717, 1.165) is 25.9 Å². The molecule has 0 radical (unpaired) electrons. The molecule has 120 valence electrons. The summed E-state index contributed by atoms with van der Waals surface area (Å²) in [7, 11) is 0. The predicted octanol–water partition coefficient (Wildman–Crippen LogP) is 5.30. The Labute approximate surface area is 150 Å². The molecule has 0 saturated carbocycles. The van der Waals surface area contributed by atoms with E-state index >= 15 is 0 Å². The first-order valence-corrected chi connectivity index (χ1v) is 8.30. The first-order valence-electron chi connectivity index (χ1n) is 6.71. The predicted molar refractivity (Wildman–Crippen MR) is 98.0 cm³/mol. The van der Waals surface area contributed by atoms with Crippen LogP contribution in [0.5, 0.6) is 5.75 Å². The third kappa shape index (κ3) is 4.80. The molecule has 0 heterocycles. The number of hydrogen-bond acceptors (Lipinski definition) is 4. The molecule has 0 aliphatic heterocycles. The minimum absolute atomic E-state index is 0.0655. The maximum absolute atomic E-state index is 10.7. The molecule has 2 aromatic rings. The number of rotatable bonds is 7. The zero-order valence-corrected chi connectivity index (χ0v) is 15.3. The highest BCUT2D eigenvalue weighted by Gasteiger charge is 2.10. The third-order valence-corrected chi connectivity index (χ3v) is 4.04. The molecule has 0 aliphatic rings. The quantitative estimate of drug-likeness (QED) is 0.360. The largest absolute Gasteiger partial charge is 0.488 e. The van der Waals surface area contributed by atoms with Gasteiger partial charge in [0.2, 0.25) is 0 Å². The van der Waals surface area contributed by atoms with Crippen LogP contribution in [0.2, 0.25) is 0 Å². The van der Waals surface area contributed by atoms with E-state index in [1.54, 1.807) is 18.2 Å². The summed E-state index contributed by atoms with van der Waals surface area (Å²) in [6, 6.07) is 10.2. The zero-order valence-electron chi connectivity index (χ0n) is 12.1. The van der Waals surface area contributed by atoms with Crippen molar-refractivity contribution in [1.29, 1.82) is 0 Å². The van der Waals surface area contributed by atoms with Gasteiger partial charge in [0.1, 0.15) is 12.4 Å². The normalized spacial score (nSPS) is 10.2. The van der Waals surface area contributed by atoms with Crippen LogP contribution in [0, 0.1) is 10.1 Å². The number of nitrogens with one attached hydrogen (secondary N) is 1. The Morgan fingerprint density at radius 3 is 2.57 bits per heavy atom. The standard InChI is InChI=1S/C16H14Br2N2O3/c1-2-7-23-16-11(8-12(17)9-15(16)18)10-19-13-3-5-14(6-4-13)20(21)22/h2-6,8-9,19H,1,7,10H2. The van der Waals surface area contributed by atoms with E-state index in [4.69, 9.17) is 4.74 Å². The maximum atomic E-state index is 10.7. The minimum Gasteiger partial charge on any atom is -0.488 e. The monoisotopic (exact) mass is 440 g/mol. The number of anilines is 1. The van der Waals surface area contributed by atoms with E-state index in [1.807, 2.05) is 12.1 Å². The van der Waals surface area contributed by atoms with Crippen LogP contribution in [0.25, 0.3) is 0 Å². The smallest absolute Gasteiger partial charge is 0.269 e. The van der Waals surface area contributed by atoms with Crippen LogP contribution in [-0.2, 0) is 6.54 Å². The van der Waals surface area contributed by atoms with E-state index in [9.17, 15) is 10.1 Å². The Hall–Kier alpha value is -1.86. The molecular weight excluding hydrogens is 428 g/mol. The molecule has 2 aromatic carbocycles. The van der Waals surface area contributed by atoms with Crippen molar-refractivity contribution in [3.05, 3.63) is 73.7 Å².